The van der Waals surface area contributed by atoms with Crippen LogP contribution >= 0.6 is 0 Å². The molecule has 0 aromatic carbocycles. The average Bonchev–Trinajstić information content (AvgIpc) is 2.87. The Morgan fingerprint density at radius 1 is 1.44 bits per heavy atom. The number of nitrogens with one attached hydrogen (secondary N) is 2. The molecule has 0 aliphatic carbocycles. The molecule has 0 aliphatic rings. The molecule has 5 heteroatoms. The number of hydrogen-bond donors (Lipinski definition) is 2. The van der Waals surface area contributed by atoms with Gasteiger partial charge in [0.05, 0.1) is 6.20 Å². The van der Waals surface area contributed by atoms with Gasteiger partial charge in [0.15, 0.2) is 11.6 Å². The zero-order chi connectivity index (χ0) is 11.4. The first-order chi connectivity index (χ1) is 7.81. The molecule has 2 aromatic heterocycles. The fraction of sp³-hybridized carbons (Fsp3) is 0.455. The highest BCUT2D eigenvalue weighted by molar-refractivity contribution is 5.44. The second kappa shape index (κ2) is 4.94. The van der Waals surface area contributed by atoms with E-state index in [2.05, 4.69) is 27.2 Å². The first kappa shape index (κ1) is 10.9. The summed E-state index contributed by atoms with van der Waals surface area (Å²) in [6.07, 6.45) is 6.67. The Kier molecular flexibility index (Phi) is 3.36. The van der Waals surface area contributed by atoms with E-state index in [0.29, 0.717) is 0 Å². The summed E-state index contributed by atoms with van der Waals surface area (Å²) in [6, 6.07) is 0. The standard InChI is InChI=1S/C11H17N5/c1-3-4-12-7-9-8-14-10(15-9)11-13-5-6-16(11)2/h5-6,8,12H,3-4,7H2,1-2H3,(H,14,15). The third kappa shape index (κ3) is 2.30. The van der Waals surface area contributed by atoms with Gasteiger partial charge >= 0.3 is 0 Å². The van der Waals surface area contributed by atoms with Crippen LogP contribution in [-0.4, -0.2) is 26.1 Å². The van der Waals surface area contributed by atoms with Crippen LogP contribution in [0.25, 0.3) is 11.6 Å². The summed E-state index contributed by atoms with van der Waals surface area (Å²) < 4.78 is 1.95. The van der Waals surface area contributed by atoms with Crippen molar-refractivity contribution in [1.82, 2.24) is 24.8 Å². The van der Waals surface area contributed by atoms with Crippen LogP contribution in [0.5, 0.6) is 0 Å². The van der Waals surface area contributed by atoms with Gasteiger partial charge in [-0.25, -0.2) is 9.97 Å². The van der Waals surface area contributed by atoms with Gasteiger partial charge in [0.1, 0.15) is 0 Å². The van der Waals surface area contributed by atoms with Crippen LogP contribution in [0.1, 0.15) is 19.0 Å². The van der Waals surface area contributed by atoms with Crippen molar-refractivity contribution in [3.8, 4) is 11.6 Å². The first-order valence-electron chi connectivity index (χ1n) is 5.53. The number of aromatic nitrogens is 4. The minimum absolute atomic E-state index is 0.820. The summed E-state index contributed by atoms with van der Waals surface area (Å²) >= 11 is 0. The lowest BCUT2D eigenvalue weighted by Crippen LogP contribution is -2.13. The molecule has 5 nitrogen and oxygen atoms in total. The Bertz CT molecular complexity index is 443. The highest BCUT2D eigenvalue weighted by Gasteiger charge is 2.07. The predicted octanol–water partition coefficient (Wildman–Crippen LogP) is 1.31. The van der Waals surface area contributed by atoms with Crippen LogP contribution in [0.4, 0.5) is 0 Å². The normalized spacial score (nSPS) is 10.9. The van der Waals surface area contributed by atoms with Crippen LogP contribution in [-0.2, 0) is 13.6 Å². The summed E-state index contributed by atoms with van der Waals surface area (Å²) in [5.41, 5.74) is 1.09. The van der Waals surface area contributed by atoms with E-state index in [0.717, 1.165) is 36.9 Å². The maximum absolute atomic E-state index is 4.32. The van der Waals surface area contributed by atoms with Gasteiger partial charge < -0.3 is 14.9 Å². The smallest absolute Gasteiger partial charge is 0.175 e. The van der Waals surface area contributed by atoms with E-state index in [1.165, 1.54) is 0 Å². The summed E-state index contributed by atoms with van der Waals surface area (Å²) in [5, 5.41) is 3.33. The summed E-state index contributed by atoms with van der Waals surface area (Å²) in [5.74, 6) is 1.68. The van der Waals surface area contributed by atoms with E-state index in [4.69, 9.17) is 0 Å². The van der Waals surface area contributed by atoms with Crippen molar-refractivity contribution in [2.75, 3.05) is 6.54 Å². The summed E-state index contributed by atoms with van der Waals surface area (Å²) in [7, 11) is 1.96. The second-order valence-electron chi connectivity index (χ2n) is 3.80. The molecule has 0 amide bonds. The van der Waals surface area contributed by atoms with Crippen LogP contribution in [0.2, 0.25) is 0 Å². The van der Waals surface area contributed by atoms with E-state index >= 15 is 0 Å². The highest BCUT2D eigenvalue weighted by Crippen LogP contribution is 2.11. The maximum atomic E-state index is 4.32. The second-order valence-corrected chi connectivity index (χ2v) is 3.80. The number of H-pyrrole nitrogens is 1. The van der Waals surface area contributed by atoms with Crippen molar-refractivity contribution in [3.05, 3.63) is 24.3 Å². The van der Waals surface area contributed by atoms with Gasteiger partial charge in [0.2, 0.25) is 0 Å². The Hall–Kier alpha value is -1.62. The van der Waals surface area contributed by atoms with Crippen molar-refractivity contribution < 1.29 is 0 Å². The average molecular weight is 219 g/mol. The molecule has 0 fully saturated rings. The SMILES string of the molecule is CCCNCc1cnc(-c2nccn2C)[nH]1. The molecule has 0 radical (unpaired) electrons. The Labute approximate surface area is 94.9 Å². The first-order valence-corrected chi connectivity index (χ1v) is 5.53. The molecule has 2 N–H and O–H groups in total. The quantitative estimate of drug-likeness (QED) is 0.745. The third-order valence-electron chi connectivity index (χ3n) is 2.40. The van der Waals surface area contributed by atoms with Crippen LogP contribution in [0.15, 0.2) is 18.6 Å². The van der Waals surface area contributed by atoms with E-state index in [-0.39, 0.29) is 0 Å². The lowest BCUT2D eigenvalue weighted by molar-refractivity contribution is 0.666. The van der Waals surface area contributed by atoms with Crippen molar-refractivity contribution in [2.24, 2.45) is 7.05 Å². The molecule has 2 heterocycles. The zero-order valence-corrected chi connectivity index (χ0v) is 9.70. The van der Waals surface area contributed by atoms with Crippen LogP contribution in [0.3, 0.4) is 0 Å². The molecule has 16 heavy (non-hydrogen) atoms. The number of rotatable bonds is 5. The summed E-state index contributed by atoms with van der Waals surface area (Å²) in [4.78, 5) is 11.8. The summed E-state index contributed by atoms with van der Waals surface area (Å²) in [6.45, 7) is 4.00. The number of aromatic amines is 1. The molecule has 0 aliphatic heterocycles. The highest BCUT2D eigenvalue weighted by atomic mass is 15.1. The van der Waals surface area contributed by atoms with Gasteiger partial charge in [-0.2, -0.15) is 0 Å². The van der Waals surface area contributed by atoms with Gasteiger partial charge in [0, 0.05) is 31.7 Å². The molecular weight excluding hydrogens is 202 g/mol. The topological polar surface area (TPSA) is 58.5 Å². The number of hydrogen-bond acceptors (Lipinski definition) is 3. The molecule has 2 rings (SSSR count). The minimum atomic E-state index is 0.820. The van der Waals surface area contributed by atoms with Crippen molar-refractivity contribution >= 4 is 0 Å². The van der Waals surface area contributed by atoms with E-state index in [1.807, 2.05) is 24.0 Å². The fourth-order valence-corrected chi connectivity index (χ4v) is 1.56. The molecule has 86 valence electrons. The van der Waals surface area contributed by atoms with Crippen molar-refractivity contribution in [2.45, 2.75) is 19.9 Å². The lowest BCUT2D eigenvalue weighted by atomic mass is 10.4. The molecule has 0 saturated heterocycles. The van der Waals surface area contributed by atoms with E-state index in [9.17, 15) is 0 Å². The molecule has 2 aromatic rings. The predicted molar refractivity (Wildman–Crippen MR) is 62.8 cm³/mol. The lowest BCUT2D eigenvalue weighted by Gasteiger charge is -1.99. The Morgan fingerprint density at radius 2 is 2.31 bits per heavy atom. The molecule has 0 bridgehead atoms. The Morgan fingerprint density at radius 3 is 3.00 bits per heavy atom. The van der Waals surface area contributed by atoms with Gasteiger partial charge in [0.25, 0.3) is 0 Å². The molecule has 0 unspecified atom stereocenters. The number of nitrogens with zero attached hydrogens (tertiary/aromatic N) is 3. The largest absolute Gasteiger partial charge is 0.338 e. The number of imidazole rings is 2. The fourth-order valence-electron chi connectivity index (χ4n) is 1.56. The van der Waals surface area contributed by atoms with Crippen LogP contribution < -0.4 is 5.32 Å². The number of aryl methyl sites for hydroxylation is 1. The van der Waals surface area contributed by atoms with E-state index < -0.39 is 0 Å². The van der Waals surface area contributed by atoms with Gasteiger partial charge in [-0.05, 0) is 13.0 Å². The molecule has 0 spiro atoms. The maximum Gasteiger partial charge on any atom is 0.175 e. The van der Waals surface area contributed by atoms with Gasteiger partial charge in [-0.15, -0.1) is 0 Å². The zero-order valence-electron chi connectivity index (χ0n) is 9.70. The van der Waals surface area contributed by atoms with Crippen molar-refractivity contribution in [3.63, 3.8) is 0 Å². The molecular formula is C11H17N5. The van der Waals surface area contributed by atoms with Gasteiger partial charge in [-0.3, -0.25) is 0 Å². The van der Waals surface area contributed by atoms with Gasteiger partial charge in [-0.1, -0.05) is 6.92 Å². The Balaban J connectivity index is 2.05. The molecule has 0 atom stereocenters. The van der Waals surface area contributed by atoms with Crippen LogP contribution in [0, 0.1) is 0 Å². The third-order valence-corrected chi connectivity index (χ3v) is 2.40. The molecule has 0 saturated carbocycles. The monoisotopic (exact) mass is 219 g/mol. The minimum Gasteiger partial charge on any atom is -0.338 e. The van der Waals surface area contributed by atoms with E-state index in [1.54, 1.807) is 6.20 Å². The van der Waals surface area contributed by atoms with Crippen molar-refractivity contribution in [1.29, 1.82) is 0 Å².